The molecule has 0 fully saturated rings. The van der Waals surface area contributed by atoms with E-state index in [1.165, 1.54) is 4.88 Å². The van der Waals surface area contributed by atoms with E-state index in [1.807, 2.05) is 6.20 Å². The first kappa shape index (κ1) is 13.3. The summed E-state index contributed by atoms with van der Waals surface area (Å²) in [5.41, 5.74) is 0. The number of thiazole rings is 1. The highest BCUT2D eigenvalue weighted by atomic mass is 32.1. The highest BCUT2D eigenvalue weighted by Gasteiger charge is 2.10. The van der Waals surface area contributed by atoms with Crippen molar-refractivity contribution in [1.29, 1.82) is 0 Å². The molecule has 2 aromatic heterocycles. The molecule has 98 valence electrons. The largest absolute Gasteiger partial charge is 0.467 e. The molecule has 0 aliphatic carbocycles. The molecule has 0 aliphatic rings. The molecule has 0 saturated heterocycles. The molecule has 0 saturated carbocycles. The van der Waals surface area contributed by atoms with Crippen molar-refractivity contribution in [2.75, 3.05) is 6.54 Å². The molecule has 2 aromatic rings. The van der Waals surface area contributed by atoms with E-state index in [-0.39, 0.29) is 0 Å². The van der Waals surface area contributed by atoms with Gasteiger partial charge in [0, 0.05) is 30.1 Å². The number of nitrogens with zero attached hydrogens (tertiary/aromatic N) is 1. The predicted octanol–water partition coefficient (Wildman–Crippen LogP) is 2.68. The van der Waals surface area contributed by atoms with Crippen LogP contribution in [0.3, 0.4) is 0 Å². The summed E-state index contributed by atoms with van der Waals surface area (Å²) in [6.45, 7) is 5.47. The Morgan fingerprint density at radius 1 is 1.50 bits per heavy atom. The highest BCUT2D eigenvalue weighted by Crippen LogP contribution is 2.21. The summed E-state index contributed by atoms with van der Waals surface area (Å²) in [4.78, 5) is 5.55. The van der Waals surface area contributed by atoms with Crippen LogP contribution in [0, 0.1) is 0 Å². The average molecular weight is 266 g/mol. The van der Waals surface area contributed by atoms with Gasteiger partial charge < -0.3 is 14.8 Å². The van der Waals surface area contributed by atoms with Crippen LogP contribution in [-0.2, 0) is 6.54 Å². The molecule has 1 unspecified atom stereocenters. The number of aliphatic hydroxyl groups excluding tert-OH is 1. The van der Waals surface area contributed by atoms with E-state index in [4.69, 9.17) is 4.42 Å². The Hall–Kier alpha value is -1.17. The second kappa shape index (κ2) is 6.13. The fourth-order valence-corrected chi connectivity index (χ4v) is 2.47. The lowest BCUT2D eigenvalue weighted by Crippen LogP contribution is -2.20. The standard InChI is InChI=1S/C13H18N2O2S/c1-9(2)13-15-7-10(18-13)6-14-8-11(16)12-4-3-5-17-12/h3-5,7,9,11,14,16H,6,8H2,1-2H3. The monoisotopic (exact) mass is 266 g/mol. The Morgan fingerprint density at radius 2 is 2.33 bits per heavy atom. The van der Waals surface area contributed by atoms with Crippen molar-refractivity contribution in [2.24, 2.45) is 0 Å². The summed E-state index contributed by atoms with van der Waals surface area (Å²) in [5, 5.41) is 14.2. The third kappa shape index (κ3) is 3.41. The molecule has 1 atom stereocenters. The number of rotatable bonds is 6. The third-order valence-corrected chi connectivity index (χ3v) is 3.87. The van der Waals surface area contributed by atoms with Crippen LogP contribution in [0.5, 0.6) is 0 Å². The van der Waals surface area contributed by atoms with Crippen molar-refractivity contribution in [2.45, 2.75) is 32.4 Å². The molecule has 0 spiro atoms. The maximum absolute atomic E-state index is 9.81. The van der Waals surface area contributed by atoms with E-state index < -0.39 is 6.10 Å². The SMILES string of the molecule is CC(C)c1ncc(CNCC(O)c2ccco2)s1. The van der Waals surface area contributed by atoms with Crippen LogP contribution in [0.15, 0.2) is 29.0 Å². The number of furan rings is 1. The zero-order chi connectivity index (χ0) is 13.0. The van der Waals surface area contributed by atoms with Gasteiger partial charge in [-0.3, -0.25) is 0 Å². The van der Waals surface area contributed by atoms with Gasteiger partial charge in [-0.1, -0.05) is 13.8 Å². The maximum atomic E-state index is 9.81. The number of aliphatic hydroxyl groups is 1. The smallest absolute Gasteiger partial charge is 0.133 e. The van der Waals surface area contributed by atoms with E-state index in [9.17, 15) is 5.11 Å². The minimum absolute atomic E-state index is 0.470. The fraction of sp³-hybridized carbons (Fsp3) is 0.462. The molecule has 2 N–H and O–H groups in total. The number of aromatic nitrogens is 1. The van der Waals surface area contributed by atoms with Crippen molar-refractivity contribution in [3.63, 3.8) is 0 Å². The second-order valence-electron chi connectivity index (χ2n) is 4.48. The van der Waals surface area contributed by atoms with Gasteiger partial charge in [-0.2, -0.15) is 0 Å². The maximum Gasteiger partial charge on any atom is 0.133 e. The Kier molecular flexibility index (Phi) is 4.52. The molecule has 0 aromatic carbocycles. The topological polar surface area (TPSA) is 58.3 Å². The van der Waals surface area contributed by atoms with E-state index >= 15 is 0 Å². The van der Waals surface area contributed by atoms with E-state index in [2.05, 4.69) is 24.1 Å². The van der Waals surface area contributed by atoms with Crippen molar-refractivity contribution >= 4 is 11.3 Å². The molecule has 0 aliphatic heterocycles. The van der Waals surface area contributed by atoms with Gasteiger partial charge in [0.1, 0.15) is 11.9 Å². The van der Waals surface area contributed by atoms with Gasteiger partial charge in [0.15, 0.2) is 0 Å². The van der Waals surface area contributed by atoms with Crippen molar-refractivity contribution in [3.05, 3.63) is 40.2 Å². The molecule has 0 bridgehead atoms. The Labute approximate surface area is 111 Å². The first-order chi connectivity index (χ1) is 8.66. The quantitative estimate of drug-likeness (QED) is 0.844. The van der Waals surface area contributed by atoms with Gasteiger partial charge in [-0.15, -0.1) is 11.3 Å². The number of nitrogens with one attached hydrogen (secondary N) is 1. The van der Waals surface area contributed by atoms with Crippen LogP contribution >= 0.6 is 11.3 Å². The summed E-state index contributed by atoms with van der Waals surface area (Å²) in [6.07, 6.45) is 2.86. The highest BCUT2D eigenvalue weighted by molar-refractivity contribution is 7.11. The van der Waals surface area contributed by atoms with Crippen molar-refractivity contribution in [3.8, 4) is 0 Å². The van der Waals surface area contributed by atoms with Crippen LogP contribution in [0.4, 0.5) is 0 Å². The van der Waals surface area contributed by atoms with E-state index in [0.717, 1.165) is 11.6 Å². The second-order valence-corrected chi connectivity index (χ2v) is 5.63. The van der Waals surface area contributed by atoms with E-state index in [1.54, 1.807) is 29.7 Å². The van der Waals surface area contributed by atoms with Gasteiger partial charge in [-0.05, 0) is 12.1 Å². The summed E-state index contributed by atoms with van der Waals surface area (Å²) < 4.78 is 5.13. The van der Waals surface area contributed by atoms with Gasteiger partial charge >= 0.3 is 0 Å². The van der Waals surface area contributed by atoms with Crippen molar-refractivity contribution in [1.82, 2.24) is 10.3 Å². The molecular weight excluding hydrogens is 248 g/mol. The first-order valence-corrected chi connectivity index (χ1v) is 6.85. The normalized spacial score (nSPS) is 13.1. The van der Waals surface area contributed by atoms with Gasteiger partial charge in [0.2, 0.25) is 0 Å². The molecule has 0 amide bonds. The lowest BCUT2D eigenvalue weighted by Gasteiger charge is -2.08. The van der Waals surface area contributed by atoms with Crippen molar-refractivity contribution < 1.29 is 9.52 Å². The lowest BCUT2D eigenvalue weighted by atomic mass is 10.2. The summed E-state index contributed by atoms with van der Waals surface area (Å²) in [5.74, 6) is 1.06. The van der Waals surface area contributed by atoms with Gasteiger partial charge in [0.25, 0.3) is 0 Å². The number of hydrogen-bond donors (Lipinski definition) is 2. The third-order valence-electron chi connectivity index (χ3n) is 2.57. The Balaban J connectivity index is 1.78. The molecule has 2 heterocycles. The predicted molar refractivity (Wildman–Crippen MR) is 71.6 cm³/mol. The molecule has 5 heteroatoms. The fourth-order valence-electron chi connectivity index (χ4n) is 1.58. The van der Waals surface area contributed by atoms with Crippen LogP contribution < -0.4 is 5.32 Å². The summed E-state index contributed by atoms with van der Waals surface area (Å²) >= 11 is 1.71. The Morgan fingerprint density at radius 3 is 2.94 bits per heavy atom. The number of hydrogen-bond acceptors (Lipinski definition) is 5. The van der Waals surface area contributed by atoms with Crippen LogP contribution in [0.25, 0.3) is 0 Å². The van der Waals surface area contributed by atoms with Crippen LogP contribution in [0.1, 0.15) is 41.5 Å². The summed E-state index contributed by atoms with van der Waals surface area (Å²) in [7, 11) is 0. The molecule has 18 heavy (non-hydrogen) atoms. The molecule has 2 rings (SSSR count). The minimum Gasteiger partial charge on any atom is -0.467 e. The minimum atomic E-state index is -0.600. The summed E-state index contributed by atoms with van der Waals surface area (Å²) in [6, 6.07) is 3.55. The molecular formula is C13H18N2O2S. The first-order valence-electron chi connectivity index (χ1n) is 6.03. The molecule has 4 nitrogen and oxygen atoms in total. The lowest BCUT2D eigenvalue weighted by molar-refractivity contribution is 0.147. The average Bonchev–Trinajstić information content (AvgIpc) is 3.00. The Bertz CT molecular complexity index is 465. The van der Waals surface area contributed by atoms with Gasteiger partial charge in [-0.25, -0.2) is 4.98 Å². The van der Waals surface area contributed by atoms with Gasteiger partial charge in [0.05, 0.1) is 11.3 Å². The van der Waals surface area contributed by atoms with Crippen LogP contribution in [-0.4, -0.2) is 16.6 Å². The zero-order valence-electron chi connectivity index (χ0n) is 10.6. The molecule has 0 radical (unpaired) electrons. The zero-order valence-corrected chi connectivity index (χ0v) is 11.4. The van der Waals surface area contributed by atoms with E-state index in [0.29, 0.717) is 18.2 Å². The van der Waals surface area contributed by atoms with Crippen LogP contribution in [0.2, 0.25) is 0 Å².